The summed E-state index contributed by atoms with van der Waals surface area (Å²) in [7, 11) is 1.69. The highest BCUT2D eigenvalue weighted by molar-refractivity contribution is 5.79. The first-order valence-electron chi connectivity index (χ1n) is 6.99. The normalized spacial score (nSPS) is 32.6. The van der Waals surface area contributed by atoms with E-state index in [9.17, 15) is 0 Å². The van der Waals surface area contributed by atoms with Gasteiger partial charge in [0.15, 0.2) is 0 Å². The van der Waals surface area contributed by atoms with Gasteiger partial charge in [0, 0.05) is 19.7 Å². The highest BCUT2D eigenvalue weighted by Crippen LogP contribution is 2.48. The molecule has 0 radical (unpaired) electrons. The van der Waals surface area contributed by atoms with Crippen molar-refractivity contribution in [2.24, 2.45) is 28.6 Å². The number of hydrazine groups is 1. The zero-order valence-electron chi connectivity index (χ0n) is 11.5. The minimum absolute atomic E-state index is 0.213. The SMILES string of the molecule is COCC(C)NC(=NCC1CC2CCC1C2)NN. The van der Waals surface area contributed by atoms with Crippen LogP contribution in [-0.4, -0.2) is 32.3 Å². The monoisotopic (exact) mass is 254 g/mol. The fourth-order valence-corrected chi connectivity index (χ4v) is 3.47. The summed E-state index contributed by atoms with van der Waals surface area (Å²) in [6.45, 7) is 3.59. The van der Waals surface area contributed by atoms with Crippen LogP contribution in [0.4, 0.5) is 0 Å². The number of nitrogens with one attached hydrogen (secondary N) is 2. The van der Waals surface area contributed by atoms with E-state index >= 15 is 0 Å². The first-order valence-corrected chi connectivity index (χ1v) is 6.99. The van der Waals surface area contributed by atoms with Crippen LogP contribution in [0.3, 0.4) is 0 Å². The number of rotatable bonds is 5. The molecule has 0 aromatic heterocycles. The summed E-state index contributed by atoms with van der Waals surface area (Å²) in [5.41, 5.74) is 2.64. The van der Waals surface area contributed by atoms with Gasteiger partial charge < -0.3 is 10.1 Å². The standard InChI is InChI=1S/C13H26N4O/c1-9(8-18-2)16-13(17-14)15-7-12-6-10-3-4-11(12)5-10/h9-12H,3-8,14H2,1-2H3,(H2,15,16,17). The number of guanidine groups is 1. The number of nitrogens with two attached hydrogens (primary N) is 1. The Morgan fingerprint density at radius 3 is 2.83 bits per heavy atom. The Balaban J connectivity index is 1.78. The second-order valence-electron chi connectivity index (χ2n) is 5.77. The zero-order chi connectivity index (χ0) is 13.0. The van der Waals surface area contributed by atoms with E-state index in [1.165, 1.54) is 25.7 Å². The average Bonchev–Trinajstić information content (AvgIpc) is 2.96. The lowest BCUT2D eigenvalue weighted by molar-refractivity contribution is 0.179. The van der Waals surface area contributed by atoms with Gasteiger partial charge in [0.25, 0.3) is 0 Å². The van der Waals surface area contributed by atoms with Gasteiger partial charge in [0.2, 0.25) is 5.96 Å². The topological polar surface area (TPSA) is 71.7 Å². The predicted molar refractivity (Wildman–Crippen MR) is 73.0 cm³/mol. The van der Waals surface area contributed by atoms with Crippen LogP contribution in [0.25, 0.3) is 0 Å². The lowest BCUT2D eigenvalue weighted by Crippen LogP contribution is -2.47. The molecule has 0 saturated heterocycles. The van der Waals surface area contributed by atoms with Gasteiger partial charge in [0.1, 0.15) is 0 Å². The average molecular weight is 254 g/mol. The predicted octanol–water partition coefficient (Wildman–Crippen LogP) is 0.866. The van der Waals surface area contributed by atoms with Crippen LogP contribution in [0, 0.1) is 17.8 Å². The summed E-state index contributed by atoms with van der Waals surface area (Å²) in [4.78, 5) is 4.58. The van der Waals surface area contributed by atoms with Crippen LogP contribution in [0.1, 0.15) is 32.6 Å². The zero-order valence-corrected chi connectivity index (χ0v) is 11.5. The molecule has 4 unspecified atom stereocenters. The van der Waals surface area contributed by atoms with Crippen molar-refractivity contribution in [2.75, 3.05) is 20.3 Å². The van der Waals surface area contributed by atoms with E-state index in [-0.39, 0.29) is 6.04 Å². The maximum Gasteiger partial charge on any atom is 0.206 e. The number of fused-ring (bicyclic) bond motifs is 2. The molecule has 0 aromatic rings. The molecule has 5 heteroatoms. The smallest absolute Gasteiger partial charge is 0.206 e. The van der Waals surface area contributed by atoms with Gasteiger partial charge in [-0.3, -0.25) is 10.4 Å². The maximum atomic E-state index is 5.49. The van der Waals surface area contributed by atoms with Gasteiger partial charge in [-0.1, -0.05) is 6.42 Å². The van der Waals surface area contributed by atoms with E-state index in [2.05, 4.69) is 15.7 Å². The van der Waals surface area contributed by atoms with Gasteiger partial charge in [-0.2, -0.15) is 0 Å². The van der Waals surface area contributed by atoms with Crippen molar-refractivity contribution in [2.45, 2.75) is 38.6 Å². The van der Waals surface area contributed by atoms with Crippen LogP contribution < -0.4 is 16.6 Å². The molecular weight excluding hydrogens is 228 g/mol. The summed E-state index contributed by atoms with van der Waals surface area (Å²) in [6.07, 6.45) is 5.64. The Bertz CT molecular complexity index is 295. The second-order valence-corrected chi connectivity index (χ2v) is 5.77. The highest BCUT2D eigenvalue weighted by atomic mass is 16.5. The van der Waals surface area contributed by atoms with E-state index in [4.69, 9.17) is 10.6 Å². The van der Waals surface area contributed by atoms with E-state index in [0.29, 0.717) is 12.6 Å². The number of hydrogen-bond donors (Lipinski definition) is 3. The van der Waals surface area contributed by atoms with Crippen LogP contribution in [-0.2, 0) is 4.74 Å². The van der Waals surface area contributed by atoms with Crippen LogP contribution in [0.2, 0.25) is 0 Å². The Morgan fingerprint density at radius 1 is 1.44 bits per heavy atom. The van der Waals surface area contributed by atoms with Gasteiger partial charge in [-0.25, -0.2) is 5.84 Å². The lowest BCUT2D eigenvalue weighted by atomic mass is 9.89. The van der Waals surface area contributed by atoms with Gasteiger partial charge >= 0.3 is 0 Å². The molecule has 2 aliphatic rings. The molecule has 104 valence electrons. The second kappa shape index (κ2) is 6.38. The van der Waals surface area contributed by atoms with Crippen molar-refractivity contribution in [3.63, 3.8) is 0 Å². The maximum absolute atomic E-state index is 5.49. The number of ether oxygens (including phenoxy) is 1. The first-order chi connectivity index (χ1) is 8.72. The van der Waals surface area contributed by atoms with E-state index in [0.717, 1.165) is 24.3 Å². The molecule has 0 aromatic carbocycles. The third-order valence-corrected chi connectivity index (χ3v) is 4.30. The molecule has 2 aliphatic carbocycles. The molecular formula is C13H26N4O. The van der Waals surface area contributed by atoms with Gasteiger partial charge in [-0.15, -0.1) is 0 Å². The van der Waals surface area contributed by atoms with E-state index < -0.39 is 0 Å². The minimum atomic E-state index is 0.213. The Kier molecular flexibility index (Phi) is 4.83. The van der Waals surface area contributed by atoms with Crippen molar-refractivity contribution in [3.8, 4) is 0 Å². The molecule has 0 aliphatic heterocycles. The number of hydrogen-bond acceptors (Lipinski definition) is 3. The molecule has 0 spiro atoms. The van der Waals surface area contributed by atoms with Crippen molar-refractivity contribution < 1.29 is 4.74 Å². The lowest BCUT2D eigenvalue weighted by Gasteiger charge is -2.21. The highest BCUT2D eigenvalue weighted by Gasteiger charge is 2.39. The van der Waals surface area contributed by atoms with Crippen molar-refractivity contribution in [1.29, 1.82) is 0 Å². The Hall–Kier alpha value is -0.810. The number of aliphatic imine (C=N–C) groups is 1. The molecule has 0 heterocycles. The molecule has 4 atom stereocenters. The third kappa shape index (κ3) is 3.36. The van der Waals surface area contributed by atoms with Crippen molar-refractivity contribution in [1.82, 2.24) is 10.7 Å². The largest absolute Gasteiger partial charge is 0.383 e. The van der Waals surface area contributed by atoms with Crippen molar-refractivity contribution in [3.05, 3.63) is 0 Å². The van der Waals surface area contributed by atoms with E-state index in [1.807, 2.05) is 6.92 Å². The molecule has 4 N–H and O–H groups in total. The summed E-state index contributed by atoms with van der Waals surface area (Å²) in [5.74, 6) is 8.83. The van der Waals surface area contributed by atoms with Crippen LogP contribution >= 0.6 is 0 Å². The molecule has 2 saturated carbocycles. The van der Waals surface area contributed by atoms with Crippen LogP contribution in [0.15, 0.2) is 4.99 Å². The Morgan fingerprint density at radius 2 is 2.28 bits per heavy atom. The van der Waals surface area contributed by atoms with Crippen molar-refractivity contribution >= 4 is 5.96 Å². The molecule has 2 bridgehead atoms. The van der Waals surface area contributed by atoms with Crippen LogP contribution in [0.5, 0.6) is 0 Å². The summed E-state index contributed by atoms with van der Waals surface area (Å²) < 4.78 is 5.08. The fraction of sp³-hybridized carbons (Fsp3) is 0.923. The first kappa shape index (κ1) is 13.6. The number of nitrogens with zero attached hydrogens (tertiary/aromatic N) is 1. The Labute approximate surface area is 110 Å². The quantitative estimate of drug-likeness (QED) is 0.295. The molecule has 0 amide bonds. The van der Waals surface area contributed by atoms with E-state index in [1.54, 1.807) is 7.11 Å². The number of methoxy groups -OCH3 is 1. The molecule has 18 heavy (non-hydrogen) atoms. The molecule has 2 rings (SSSR count). The van der Waals surface area contributed by atoms with Gasteiger partial charge in [0.05, 0.1) is 6.61 Å². The summed E-state index contributed by atoms with van der Waals surface area (Å²) in [5, 5.41) is 3.22. The summed E-state index contributed by atoms with van der Waals surface area (Å²) >= 11 is 0. The fourth-order valence-electron chi connectivity index (χ4n) is 3.47. The minimum Gasteiger partial charge on any atom is -0.383 e. The van der Waals surface area contributed by atoms with Gasteiger partial charge in [-0.05, 0) is 43.9 Å². The molecule has 2 fully saturated rings. The third-order valence-electron chi connectivity index (χ3n) is 4.30. The summed E-state index contributed by atoms with van der Waals surface area (Å²) in [6, 6.07) is 0.213. The molecule has 5 nitrogen and oxygen atoms in total.